The third kappa shape index (κ3) is 5.60. The van der Waals surface area contributed by atoms with Crippen LogP contribution in [0.15, 0.2) is 65.3 Å². The van der Waals surface area contributed by atoms with Crippen molar-refractivity contribution < 1.29 is 18.7 Å². The lowest BCUT2D eigenvalue weighted by molar-refractivity contribution is -0.118. The molecule has 2 aromatic carbocycles. The maximum Gasteiger partial charge on any atom is 0.292 e. The van der Waals surface area contributed by atoms with Gasteiger partial charge in [0.15, 0.2) is 17.5 Å². The van der Waals surface area contributed by atoms with Crippen LogP contribution in [0.4, 0.5) is 10.1 Å². The fourth-order valence-corrected chi connectivity index (χ4v) is 3.97. The predicted molar refractivity (Wildman–Crippen MR) is 129 cm³/mol. The summed E-state index contributed by atoms with van der Waals surface area (Å²) in [5, 5.41) is 7.00. The van der Waals surface area contributed by atoms with Gasteiger partial charge in [0.05, 0.1) is 6.26 Å². The van der Waals surface area contributed by atoms with Crippen LogP contribution in [0, 0.1) is 13.8 Å². The second-order valence-corrected chi connectivity index (χ2v) is 8.65. The van der Waals surface area contributed by atoms with Gasteiger partial charge < -0.3 is 14.5 Å². The lowest BCUT2D eigenvalue weighted by atomic mass is 10.1. The number of thiazole rings is 1. The monoisotopic (exact) mass is 481 g/mol. The lowest BCUT2D eigenvalue weighted by Crippen LogP contribution is -2.20. The third-order valence-electron chi connectivity index (χ3n) is 4.67. The van der Waals surface area contributed by atoms with E-state index in [-0.39, 0.29) is 18.3 Å². The average Bonchev–Trinajstić information content (AvgIpc) is 3.46. The molecule has 2 aromatic heterocycles. The van der Waals surface area contributed by atoms with E-state index < -0.39 is 5.91 Å². The highest BCUT2D eigenvalue weighted by Crippen LogP contribution is 2.36. The molecule has 0 atom stereocenters. The van der Waals surface area contributed by atoms with E-state index in [9.17, 15) is 9.59 Å². The molecular weight excluding hydrogens is 462 g/mol. The molecule has 2 N–H and O–H groups in total. The van der Waals surface area contributed by atoms with Crippen molar-refractivity contribution in [2.45, 2.75) is 13.8 Å². The van der Waals surface area contributed by atoms with E-state index in [4.69, 9.17) is 20.8 Å². The molecule has 0 bridgehead atoms. The Bertz CT molecular complexity index is 1280. The summed E-state index contributed by atoms with van der Waals surface area (Å²) < 4.78 is 10.7. The van der Waals surface area contributed by atoms with Gasteiger partial charge in [-0.3, -0.25) is 14.9 Å². The Hall–Kier alpha value is -3.62. The molecule has 0 radical (unpaired) electrons. The van der Waals surface area contributed by atoms with E-state index >= 15 is 0 Å². The van der Waals surface area contributed by atoms with Gasteiger partial charge in [-0.2, -0.15) is 0 Å². The van der Waals surface area contributed by atoms with Crippen molar-refractivity contribution in [2.75, 3.05) is 17.2 Å². The van der Waals surface area contributed by atoms with Crippen LogP contribution in [0.3, 0.4) is 0 Å². The molecule has 4 rings (SSSR count). The van der Waals surface area contributed by atoms with Crippen LogP contribution < -0.4 is 15.4 Å². The van der Waals surface area contributed by atoms with Gasteiger partial charge in [0.25, 0.3) is 11.8 Å². The van der Waals surface area contributed by atoms with Crippen LogP contribution in [0.5, 0.6) is 5.75 Å². The third-order valence-corrected chi connectivity index (χ3v) is 5.98. The lowest BCUT2D eigenvalue weighted by Gasteiger charge is -2.07. The van der Waals surface area contributed by atoms with Crippen LogP contribution in [0.2, 0.25) is 5.02 Å². The molecule has 0 aliphatic heterocycles. The van der Waals surface area contributed by atoms with Gasteiger partial charge in [0, 0.05) is 10.6 Å². The number of anilines is 2. The van der Waals surface area contributed by atoms with Crippen molar-refractivity contribution in [2.24, 2.45) is 0 Å². The molecule has 2 amide bonds. The molecule has 0 aliphatic rings. The molecule has 0 saturated heterocycles. The fourth-order valence-electron chi connectivity index (χ4n) is 2.95. The van der Waals surface area contributed by atoms with Gasteiger partial charge in [-0.1, -0.05) is 52.8 Å². The van der Waals surface area contributed by atoms with Gasteiger partial charge in [0.1, 0.15) is 16.4 Å². The van der Waals surface area contributed by atoms with E-state index in [0.29, 0.717) is 26.6 Å². The molecule has 9 heteroatoms. The summed E-state index contributed by atoms with van der Waals surface area (Å²) in [6.45, 7) is 3.64. The first-order valence-corrected chi connectivity index (χ1v) is 11.2. The number of hydrogen-bond acceptors (Lipinski definition) is 6. The average molecular weight is 482 g/mol. The van der Waals surface area contributed by atoms with E-state index in [0.717, 1.165) is 28.0 Å². The van der Waals surface area contributed by atoms with Crippen molar-refractivity contribution in [3.05, 3.63) is 82.8 Å². The van der Waals surface area contributed by atoms with Crippen molar-refractivity contribution in [3.8, 4) is 17.0 Å². The molecule has 7 nitrogen and oxygen atoms in total. The maximum absolute atomic E-state index is 12.5. The van der Waals surface area contributed by atoms with E-state index in [1.54, 1.807) is 30.3 Å². The van der Waals surface area contributed by atoms with Gasteiger partial charge in [0.2, 0.25) is 0 Å². The summed E-state index contributed by atoms with van der Waals surface area (Å²) in [6.07, 6.45) is 1.43. The number of furan rings is 1. The molecule has 0 spiro atoms. The molecule has 168 valence electrons. The van der Waals surface area contributed by atoms with Crippen LogP contribution in [0.1, 0.15) is 21.7 Å². The Labute approximate surface area is 199 Å². The van der Waals surface area contributed by atoms with Crippen LogP contribution in [0.25, 0.3) is 11.3 Å². The number of carbonyl (C=O) groups is 2. The molecule has 4 aromatic rings. The predicted octanol–water partition coefficient (Wildman–Crippen LogP) is 5.94. The van der Waals surface area contributed by atoms with Crippen molar-refractivity contribution in [1.82, 2.24) is 4.98 Å². The summed E-state index contributed by atoms with van der Waals surface area (Å²) in [4.78, 5) is 29.5. The zero-order valence-electron chi connectivity index (χ0n) is 17.8. The van der Waals surface area contributed by atoms with E-state index in [2.05, 4.69) is 15.6 Å². The minimum Gasteiger partial charge on any atom is -0.484 e. The molecule has 0 saturated carbocycles. The minimum absolute atomic E-state index is 0.176. The quantitative estimate of drug-likeness (QED) is 0.340. The van der Waals surface area contributed by atoms with E-state index in [1.165, 1.54) is 6.26 Å². The topological polar surface area (TPSA) is 93.5 Å². The number of carbonyl (C=O) groups excluding carboxylic acids is 2. The number of halogens is 1. The fraction of sp³-hybridized carbons (Fsp3) is 0.125. The van der Waals surface area contributed by atoms with Gasteiger partial charge >= 0.3 is 0 Å². The number of benzene rings is 2. The Kier molecular flexibility index (Phi) is 6.76. The standard InChI is InChI=1S/C24H20ClN3O4S/c1-14-5-7-16(8-6-14)21-23(28-22(30)19-4-3-11-31-19)33-24(27-21)26-20(29)13-32-17-9-10-18(25)15(2)12-17/h3-12H,13H2,1-2H3,(H,28,30)(H,26,27,29). The number of amides is 2. The highest BCUT2D eigenvalue weighted by molar-refractivity contribution is 7.20. The molecule has 0 fully saturated rings. The van der Waals surface area contributed by atoms with Crippen LogP contribution in [-0.2, 0) is 4.79 Å². The zero-order chi connectivity index (χ0) is 23.4. The van der Waals surface area contributed by atoms with Gasteiger partial charge in [-0.15, -0.1) is 0 Å². The second-order valence-electron chi connectivity index (χ2n) is 7.24. The Morgan fingerprint density at radius 1 is 1.09 bits per heavy atom. The summed E-state index contributed by atoms with van der Waals surface area (Å²) in [6, 6.07) is 16.1. The summed E-state index contributed by atoms with van der Waals surface area (Å²) in [5.74, 6) is -0.0690. The Morgan fingerprint density at radius 3 is 2.58 bits per heavy atom. The molecule has 0 aliphatic carbocycles. The number of rotatable bonds is 7. The second kappa shape index (κ2) is 9.89. The Balaban J connectivity index is 1.51. The van der Waals surface area contributed by atoms with Crippen molar-refractivity contribution >= 4 is 44.9 Å². The molecular formula is C24H20ClN3O4S. The number of nitrogens with one attached hydrogen (secondary N) is 2. The highest BCUT2D eigenvalue weighted by Gasteiger charge is 2.19. The van der Waals surface area contributed by atoms with E-state index in [1.807, 2.05) is 38.1 Å². The van der Waals surface area contributed by atoms with Crippen molar-refractivity contribution in [1.29, 1.82) is 0 Å². The largest absolute Gasteiger partial charge is 0.484 e. The Morgan fingerprint density at radius 2 is 1.88 bits per heavy atom. The first-order valence-electron chi connectivity index (χ1n) is 10.0. The number of nitrogens with zero attached hydrogens (tertiary/aromatic N) is 1. The minimum atomic E-state index is -0.406. The normalized spacial score (nSPS) is 10.6. The summed E-state index contributed by atoms with van der Waals surface area (Å²) in [5.41, 5.74) is 3.30. The van der Waals surface area contributed by atoms with Crippen LogP contribution in [-0.4, -0.2) is 23.4 Å². The summed E-state index contributed by atoms with van der Waals surface area (Å²) in [7, 11) is 0. The molecule has 2 heterocycles. The SMILES string of the molecule is Cc1ccc(-c2nc(NC(=O)COc3ccc(Cl)c(C)c3)sc2NC(=O)c2ccco2)cc1. The number of aryl methyl sites for hydroxylation is 2. The number of aromatic nitrogens is 1. The number of hydrogen-bond donors (Lipinski definition) is 2. The number of ether oxygens (including phenoxy) is 1. The molecule has 0 unspecified atom stereocenters. The smallest absolute Gasteiger partial charge is 0.292 e. The highest BCUT2D eigenvalue weighted by atomic mass is 35.5. The summed E-state index contributed by atoms with van der Waals surface area (Å²) >= 11 is 7.17. The first-order chi connectivity index (χ1) is 15.9. The van der Waals surface area contributed by atoms with Crippen molar-refractivity contribution in [3.63, 3.8) is 0 Å². The van der Waals surface area contributed by atoms with Crippen LogP contribution >= 0.6 is 22.9 Å². The van der Waals surface area contributed by atoms with Gasteiger partial charge in [-0.25, -0.2) is 4.98 Å². The van der Waals surface area contributed by atoms with Gasteiger partial charge in [-0.05, 0) is 49.7 Å². The first kappa shape index (κ1) is 22.6. The maximum atomic E-state index is 12.5. The molecule has 33 heavy (non-hydrogen) atoms. The zero-order valence-corrected chi connectivity index (χ0v) is 19.4.